The molecule has 1 rings (SSSR count). The van der Waals surface area contributed by atoms with Gasteiger partial charge in [-0.2, -0.15) is 13.2 Å². The van der Waals surface area contributed by atoms with Crippen LogP contribution in [0.1, 0.15) is 33.6 Å². The minimum Gasteiger partial charge on any atom is -0.444 e. The molecule has 1 saturated heterocycles. The van der Waals surface area contributed by atoms with E-state index in [2.05, 4.69) is 5.32 Å². The van der Waals surface area contributed by atoms with Crippen molar-refractivity contribution in [3.05, 3.63) is 0 Å². The smallest absolute Gasteiger partial charge is 0.410 e. The standard InChI is InChI=1S/C12H21F3N2O2/c1-11(2,3)19-10(18)17-6-4-9(5-7-17)16-8-12(13,14)15/h9,16H,4-8H2,1-3H3. The van der Waals surface area contributed by atoms with Gasteiger partial charge in [0.2, 0.25) is 0 Å². The van der Waals surface area contributed by atoms with Crippen molar-refractivity contribution >= 4 is 6.09 Å². The van der Waals surface area contributed by atoms with Crippen molar-refractivity contribution in [2.45, 2.75) is 51.4 Å². The zero-order chi connectivity index (χ0) is 14.7. The van der Waals surface area contributed by atoms with E-state index in [9.17, 15) is 18.0 Å². The zero-order valence-corrected chi connectivity index (χ0v) is 11.5. The summed E-state index contributed by atoms with van der Waals surface area (Å²) in [5.41, 5.74) is -0.553. The summed E-state index contributed by atoms with van der Waals surface area (Å²) in [4.78, 5) is 13.3. The Hall–Kier alpha value is -0.980. The number of rotatable bonds is 2. The fourth-order valence-corrected chi connectivity index (χ4v) is 1.85. The Kier molecular flexibility index (Phi) is 5.06. The number of ether oxygens (including phenoxy) is 1. The van der Waals surface area contributed by atoms with E-state index < -0.39 is 24.4 Å². The number of hydrogen-bond donors (Lipinski definition) is 1. The van der Waals surface area contributed by atoms with Gasteiger partial charge in [-0.05, 0) is 33.6 Å². The van der Waals surface area contributed by atoms with Gasteiger partial charge in [0.05, 0.1) is 6.54 Å². The van der Waals surface area contributed by atoms with Gasteiger partial charge in [-0.25, -0.2) is 4.79 Å². The lowest BCUT2D eigenvalue weighted by Gasteiger charge is -2.33. The molecule has 19 heavy (non-hydrogen) atoms. The van der Waals surface area contributed by atoms with Crippen LogP contribution in [0, 0.1) is 0 Å². The molecule has 1 aliphatic rings. The molecule has 1 aliphatic heterocycles. The van der Waals surface area contributed by atoms with Crippen LogP contribution in [0.4, 0.5) is 18.0 Å². The third kappa shape index (κ3) is 6.66. The van der Waals surface area contributed by atoms with Gasteiger partial charge in [0.15, 0.2) is 0 Å². The highest BCUT2D eigenvalue weighted by Gasteiger charge is 2.31. The monoisotopic (exact) mass is 282 g/mol. The lowest BCUT2D eigenvalue weighted by atomic mass is 10.1. The number of hydrogen-bond acceptors (Lipinski definition) is 3. The average Bonchev–Trinajstić information content (AvgIpc) is 2.23. The van der Waals surface area contributed by atoms with Crippen molar-refractivity contribution in [1.82, 2.24) is 10.2 Å². The Labute approximate surface area is 111 Å². The maximum atomic E-state index is 12.1. The van der Waals surface area contributed by atoms with Gasteiger partial charge in [-0.15, -0.1) is 0 Å². The number of nitrogens with one attached hydrogen (secondary N) is 1. The van der Waals surface area contributed by atoms with E-state index in [4.69, 9.17) is 4.74 Å². The molecule has 0 atom stereocenters. The second kappa shape index (κ2) is 5.98. The van der Waals surface area contributed by atoms with E-state index in [-0.39, 0.29) is 6.04 Å². The van der Waals surface area contributed by atoms with Gasteiger partial charge in [0.1, 0.15) is 5.60 Å². The van der Waals surface area contributed by atoms with Crippen LogP contribution in [-0.2, 0) is 4.74 Å². The Bertz CT molecular complexity index is 305. The van der Waals surface area contributed by atoms with Crippen LogP contribution < -0.4 is 5.32 Å². The van der Waals surface area contributed by atoms with Gasteiger partial charge < -0.3 is 15.0 Å². The van der Waals surface area contributed by atoms with Crippen molar-refractivity contribution in [2.75, 3.05) is 19.6 Å². The zero-order valence-electron chi connectivity index (χ0n) is 11.5. The van der Waals surface area contributed by atoms with E-state index in [1.54, 1.807) is 20.8 Å². The summed E-state index contributed by atoms with van der Waals surface area (Å²) >= 11 is 0. The normalized spacial score (nSPS) is 18.5. The molecule has 112 valence electrons. The molecule has 0 aliphatic carbocycles. The average molecular weight is 282 g/mol. The SMILES string of the molecule is CC(C)(C)OC(=O)N1CCC(NCC(F)(F)F)CC1. The van der Waals surface area contributed by atoms with Gasteiger partial charge >= 0.3 is 12.3 Å². The number of piperidine rings is 1. The molecule has 1 amide bonds. The van der Waals surface area contributed by atoms with E-state index in [0.717, 1.165) is 0 Å². The Balaban J connectivity index is 2.31. The number of carbonyl (C=O) groups excluding carboxylic acids is 1. The first-order chi connectivity index (χ1) is 8.57. The van der Waals surface area contributed by atoms with Crippen LogP contribution in [0.5, 0.6) is 0 Å². The van der Waals surface area contributed by atoms with Gasteiger partial charge in [0.25, 0.3) is 0 Å². The molecular formula is C12H21F3N2O2. The van der Waals surface area contributed by atoms with Crippen LogP contribution in [0.25, 0.3) is 0 Å². The van der Waals surface area contributed by atoms with E-state index in [1.807, 2.05) is 0 Å². The molecule has 0 spiro atoms. The van der Waals surface area contributed by atoms with Crippen LogP contribution in [-0.4, -0.2) is 48.4 Å². The highest BCUT2D eigenvalue weighted by Crippen LogP contribution is 2.17. The first-order valence-corrected chi connectivity index (χ1v) is 6.35. The van der Waals surface area contributed by atoms with Gasteiger partial charge in [-0.1, -0.05) is 0 Å². The minimum absolute atomic E-state index is 0.194. The predicted molar refractivity (Wildman–Crippen MR) is 64.9 cm³/mol. The van der Waals surface area contributed by atoms with E-state index in [0.29, 0.717) is 25.9 Å². The maximum Gasteiger partial charge on any atom is 0.410 e. The third-order valence-electron chi connectivity index (χ3n) is 2.74. The van der Waals surface area contributed by atoms with Crippen LogP contribution in [0.2, 0.25) is 0 Å². The highest BCUT2D eigenvalue weighted by atomic mass is 19.4. The lowest BCUT2D eigenvalue weighted by Crippen LogP contribution is -2.48. The van der Waals surface area contributed by atoms with Crippen LogP contribution >= 0.6 is 0 Å². The Morgan fingerprint density at radius 3 is 2.21 bits per heavy atom. The minimum atomic E-state index is -4.19. The first kappa shape index (κ1) is 16.1. The molecule has 7 heteroatoms. The van der Waals surface area contributed by atoms with Crippen LogP contribution in [0.15, 0.2) is 0 Å². The van der Waals surface area contributed by atoms with Crippen molar-refractivity contribution in [1.29, 1.82) is 0 Å². The second-order valence-electron chi connectivity index (χ2n) is 5.74. The van der Waals surface area contributed by atoms with Crippen molar-refractivity contribution in [3.63, 3.8) is 0 Å². The molecule has 0 unspecified atom stereocenters. The molecule has 1 N–H and O–H groups in total. The fraction of sp³-hybridized carbons (Fsp3) is 0.917. The number of likely N-dealkylation sites (tertiary alicyclic amines) is 1. The maximum absolute atomic E-state index is 12.1. The van der Waals surface area contributed by atoms with E-state index in [1.165, 1.54) is 4.90 Å². The molecule has 4 nitrogen and oxygen atoms in total. The Morgan fingerprint density at radius 1 is 1.26 bits per heavy atom. The van der Waals surface area contributed by atoms with Crippen molar-refractivity contribution in [3.8, 4) is 0 Å². The molecule has 1 heterocycles. The summed E-state index contributed by atoms with van der Waals surface area (Å²) in [5, 5.41) is 2.47. The molecule has 0 aromatic rings. The molecule has 0 saturated carbocycles. The van der Waals surface area contributed by atoms with Crippen LogP contribution in [0.3, 0.4) is 0 Å². The summed E-state index contributed by atoms with van der Waals surface area (Å²) < 4.78 is 41.4. The molecule has 0 radical (unpaired) electrons. The number of alkyl halides is 3. The van der Waals surface area contributed by atoms with Gasteiger partial charge in [0, 0.05) is 19.1 Å². The summed E-state index contributed by atoms with van der Waals surface area (Å²) in [6.45, 7) is 5.20. The van der Waals surface area contributed by atoms with E-state index >= 15 is 0 Å². The number of carbonyl (C=O) groups is 1. The predicted octanol–water partition coefficient (Wildman–Crippen LogP) is 2.54. The molecular weight excluding hydrogens is 261 g/mol. The van der Waals surface area contributed by atoms with Crippen molar-refractivity contribution < 1.29 is 22.7 Å². The molecule has 0 bridgehead atoms. The lowest BCUT2D eigenvalue weighted by molar-refractivity contribution is -0.126. The van der Waals surface area contributed by atoms with Crippen molar-refractivity contribution in [2.24, 2.45) is 0 Å². The second-order valence-corrected chi connectivity index (χ2v) is 5.74. The molecule has 0 aromatic heterocycles. The highest BCUT2D eigenvalue weighted by molar-refractivity contribution is 5.68. The number of halogens is 3. The third-order valence-corrected chi connectivity index (χ3v) is 2.74. The number of amides is 1. The quantitative estimate of drug-likeness (QED) is 0.846. The number of nitrogens with zero attached hydrogens (tertiary/aromatic N) is 1. The molecule has 1 fully saturated rings. The Morgan fingerprint density at radius 2 is 1.79 bits per heavy atom. The summed E-state index contributed by atoms with van der Waals surface area (Å²) in [6, 6.07) is -0.194. The fourth-order valence-electron chi connectivity index (χ4n) is 1.85. The topological polar surface area (TPSA) is 41.6 Å². The summed E-state index contributed by atoms with van der Waals surface area (Å²) in [7, 11) is 0. The van der Waals surface area contributed by atoms with Gasteiger partial charge in [-0.3, -0.25) is 0 Å². The molecule has 0 aromatic carbocycles. The first-order valence-electron chi connectivity index (χ1n) is 6.35. The summed E-state index contributed by atoms with van der Waals surface area (Å²) in [5.74, 6) is 0. The largest absolute Gasteiger partial charge is 0.444 e. The summed E-state index contributed by atoms with van der Waals surface area (Å²) in [6.07, 6.45) is -3.57.